The molecule has 0 aliphatic rings. The van der Waals surface area contributed by atoms with Crippen molar-refractivity contribution in [1.82, 2.24) is 4.57 Å². The second-order valence-corrected chi connectivity index (χ2v) is 13.8. The second kappa shape index (κ2) is 13.4. The van der Waals surface area contributed by atoms with Gasteiger partial charge < -0.3 is 9.47 Å². The van der Waals surface area contributed by atoms with Gasteiger partial charge in [0, 0.05) is 33.4 Å². The first kappa shape index (κ1) is 31.6. The van der Waals surface area contributed by atoms with Crippen LogP contribution >= 0.6 is 0 Å². The number of para-hydroxylation sites is 2. The molecule has 9 aromatic carbocycles. The number of fused-ring (bicyclic) bond motifs is 4. The average Bonchev–Trinajstić information content (AvgIpc) is 3.59. The molecule has 254 valence electrons. The third-order valence-electron chi connectivity index (χ3n) is 10.6. The Bertz CT molecular complexity index is 2850. The molecule has 1 heterocycles. The third-order valence-corrected chi connectivity index (χ3v) is 10.6. The predicted molar refractivity (Wildman–Crippen MR) is 229 cm³/mol. The summed E-state index contributed by atoms with van der Waals surface area (Å²) >= 11 is 0. The van der Waals surface area contributed by atoms with Gasteiger partial charge in [-0.25, -0.2) is 0 Å². The Morgan fingerprint density at radius 3 is 1.48 bits per heavy atom. The van der Waals surface area contributed by atoms with Gasteiger partial charge in [-0.3, -0.25) is 0 Å². The maximum absolute atomic E-state index is 2.40. The van der Waals surface area contributed by atoms with E-state index in [2.05, 4.69) is 228 Å². The lowest BCUT2D eigenvalue weighted by Crippen LogP contribution is -2.11. The first-order valence-electron chi connectivity index (χ1n) is 18.5. The molecule has 0 bridgehead atoms. The Morgan fingerprint density at radius 2 is 0.815 bits per heavy atom. The Morgan fingerprint density at radius 1 is 0.315 bits per heavy atom. The van der Waals surface area contributed by atoms with E-state index in [4.69, 9.17) is 0 Å². The molecule has 0 spiro atoms. The van der Waals surface area contributed by atoms with E-state index < -0.39 is 0 Å². The molecule has 0 saturated carbocycles. The molecule has 0 N–H and O–H groups in total. The van der Waals surface area contributed by atoms with Gasteiger partial charge in [-0.05, 0) is 99.3 Å². The van der Waals surface area contributed by atoms with Crippen molar-refractivity contribution >= 4 is 49.6 Å². The summed E-state index contributed by atoms with van der Waals surface area (Å²) in [5, 5.41) is 5.01. The van der Waals surface area contributed by atoms with Crippen molar-refractivity contribution in [3.63, 3.8) is 0 Å². The van der Waals surface area contributed by atoms with E-state index in [-0.39, 0.29) is 0 Å². The Balaban J connectivity index is 1.16. The quantitative estimate of drug-likeness (QED) is 0.162. The van der Waals surface area contributed by atoms with Crippen molar-refractivity contribution in [2.75, 3.05) is 4.90 Å². The third kappa shape index (κ3) is 5.53. The molecule has 0 atom stereocenters. The van der Waals surface area contributed by atoms with E-state index in [1.54, 1.807) is 0 Å². The van der Waals surface area contributed by atoms with Gasteiger partial charge >= 0.3 is 0 Å². The largest absolute Gasteiger partial charge is 0.310 e. The highest BCUT2D eigenvalue weighted by atomic mass is 15.1. The fourth-order valence-electron chi connectivity index (χ4n) is 8.04. The summed E-state index contributed by atoms with van der Waals surface area (Å²) in [6.07, 6.45) is 0. The highest BCUT2D eigenvalue weighted by Gasteiger charge is 2.20. The van der Waals surface area contributed by atoms with Crippen molar-refractivity contribution in [3.8, 4) is 39.1 Å². The van der Waals surface area contributed by atoms with E-state index in [0.717, 1.165) is 22.7 Å². The number of anilines is 3. The van der Waals surface area contributed by atoms with Crippen LogP contribution < -0.4 is 4.90 Å². The van der Waals surface area contributed by atoms with Crippen molar-refractivity contribution in [2.45, 2.75) is 0 Å². The lowest BCUT2D eigenvalue weighted by atomic mass is 9.93. The zero-order valence-electron chi connectivity index (χ0n) is 29.7. The zero-order chi connectivity index (χ0) is 35.8. The summed E-state index contributed by atoms with van der Waals surface area (Å²) in [6.45, 7) is 0. The van der Waals surface area contributed by atoms with Crippen LogP contribution in [0.4, 0.5) is 17.1 Å². The molecule has 2 heteroatoms. The standard InChI is InChI=1S/C52H36N2/c1-3-14-37(15-4-1)38-26-29-42(30-27-38)53(43-31-33-44(34-32-43)54-50-24-11-9-21-47(50)48-22-10-12-25-51(48)54)52-35-28-41(36-49(52)40-16-5-2-6-17-40)46-23-13-19-39-18-7-8-20-45(39)46/h1-36H. The van der Waals surface area contributed by atoms with Gasteiger partial charge in [0.1, 0.15) is 0 Å². The number of benzene rings is 9. The Labute approximate surface area is 315 Å². The molecule has 0 aliphatic heterocycles. The van der Waals surface area contributed by atoms with Crippen LogP contribution in [0, 0.1) is 0 Å². The molecule has 0 fully saturated rings. The number of hydrogen-bond donors (Lipinski definition) is 0. The molecule has 10 aromatic rings. The van der Waals surface area contributed by atoms with Gasteiger partial charge in [0.25, 0.3) is 0 Å². The van der Waals surface area contributed by atoms with E-state index in [0.29, 0.717) is 0 Å². The molecular formula is C52H36N2. The smallest absolute Gasteiger partial charge is 0.0541 e. The maximum Gasteiger partial charge on any atom is 0.0541 e. The Kier molecular flexibility index (Phi) is 7.85. The fourth-order valence-corrected chi connectivity index (χ4v) is 8.04. The van der Waals surface area contributed by atoms with Crippen LogP contribution in [0.15, 0.2) is 218 Å². The minimum Gasteiger partial charge on any atom is -0.310 e. The minimum absolute atomic E-state index is 1.09. The summed E-state index contributed by atoms with van der Waals surface area (Å²) < 4.78 is 2.38. The highest BCUT2D eigenvalue weighted by molar-refractivity contribution is 6.09. The summed E-state index contributed by atoms with van der Waals surface area (Å²) in [5.41, 5.74) is 14.0. The van der Waals surface area contributed by atoms with Gasteiger partial charge in [-0.15, -0.1) is 0 Å². The van der Waals surface area contributed by atoms with E-state index in [1.807, 2.05) is 0 Å². The van der Waals surface area contributed by atoms with Gasteiger partial charge in [0.05, 0.1) is 16.7 Å². The fraction of sp³-hybridized carbons (Fsp3) is 0. The molecule has 0 saturated heterocycles. The Hall–Kier alpha value is -7.16. The first-order valence-corrected chi connectivity index (χ1v) is 18.5. The van der Waals surface area contributed by atoms with Crippen molar-refractivity contribution in [3.05, 3.63) is 218 Å². The SMILES string of the molecule is c1ccc(-c2ccc(N(c3ccc(-n4c5ccccc5c5ccccc54)cc3)c3ccc(-c4cccc5ccccc45)cc3-c3ccccc3)cc2)cc1. The van der Waals surface area contributed by atoms with E-state index >= 15 is 0 Å². The second-order valence-electron chi connectivity index (χ2n) is 13.8. The van der Waals surface area contributed by atoms with Crippen LogP contribution in [0.3, 0.4) is 0 Å². The van der Waals surface area contributed by atoms with Gasteiger partial charge in [0.2, 0.25) is 0 Å². The van der Waals surface area contributed by atoms with E-state index in [9.17, 15) is 0 Å². The number of nitrogens with zero attached hydrogens (tertiary/aromatic N) is 2. The molecular weight excluding hydrogens is 653 g/mol. The molecule has 0 unspecified atom stereocenters. The maximum atomic E-state index is 2.40. The molecule has 1 aromatic heterocycles. The highest BCUT2D eigenvalue weighted by Crippen LogP contribution is 2.44. The van der Waals surface area contributed by atoms with Crippen molar-refractivity contribution in [1.29, 1.82) is 0 Å². The number of rotatable bonds is 7. The monoisotopic (exact) mass is 688 g/mol. The number of aromatic nitrogens is 1. The van der Waals surface area contributed by atoms with Crippen LogP contribution in [0.5, 0.6) is 0 Å². The minimum atomic E-state index is 1.09. The lowest BCUT2D eigenvalue weighted by molar-refractivity contribution is 1.17. The molecule has 0 amide bonds. The van der Waals surface area contributed by atoms with Crippen molar-refractivity contribution in [2.24, 2.45) is 0 Å². The zero-order valence-corrected chi connectivity index (χ0v) is 29.7. The van der Waals surface area contributed by atoms with Gasteiger partial charge in [0.15, 0.2) is 0 Å². The summed E-state index contributed by atoms with van der Waals surface area (Å²) in [6, 6.07) is 78.9. The van der Waals surface area contributed by atoms with E-state index in [1.165, 1.54) is 66.0 Å². The molecule has 0 aliphatic carbocycles. The molecule has 0 radical (unpaired) electrons. The molecule has 54 heavy (non-hydrogen) atoms. The lowest BCUT2D eigenvalue weighted by Gasteiger charge is -2.29. The van der Waals surface area contributed by atoms with Crippen LogP contribution in [-0.2, 0) is 0 Å². The van der Waals surface area contributed by atoms with Gasteiger partial charge in [-0.2, -0.15) is 0 Å². The topological polar surface area (TPSA) is 8.17 Å². The molecule has 2 nitrogen and oxygen atoms in total. The normalized spacial score (nSPS) is 11.3. The van der Waals surface area contributed by atoms with Crippen molar-refractivity contribution < 1.29 is 0 Å². The average molecular weight is 689 g/mol. The van der Waals surface area contributed by atoms with Crippen LogP contribution in [0.1, 0.15) is 0 Å². The van der Waals surface area contributed by atoms with Crippen LogP contribution in [0.2, 0.25) is 0 Å². The first-order chi connectivity index (χ1) is 26.8. The summed E-state index contributed by atoms with van der Waals surface area (Å²) in [5.74, 6) is 0. The van der Waals surface area contributed by atoms with Crippen LogP contribution in [-0.4, -0.2) is 4.57 Å². The molecule has 10 rings (SSSR count). The number of hydrogen-bond acceptors (Lipinski definition) is 1. The summed E-state index contributed by atoms with van der Waals surface area (Å²) in [7, 11) is 0. The predicted octanol–water partition coefficient (Wildman–Crippen LogP) is 14.4. The summed E-state index contributed by atoms with van der Waals surface area (Å²) in [4.78, 5) is 2.40. The van der Waals surface area contributed by atoms with Crippen LogP contribution in [0.25, 0.3) is 71.6 Å². The van der Waals surface area contributed by atoms with Gasteiger partial charge in [-0.1, -0.05) is 158 Å².